The third-order valence-electron chi connectivity index (χ3n) is 4.30. The van der Waals surface area contributed by atoms with E-state index in [0.717, 1.165) is 24.1 Å². The molecule has 1 aliphatic heterocycles. The normalized spacial score (nSPS) is 15.2. The monoisotopic (exact) mass is 403 g/mol. The summed E-state index contributed by atoms with van der Waals surface area (Å²) in [6.45, 7) is 3.81. The number of halogens is 1. The Hall–Kier alpha value is -2.25. The summed E-state index contributed by atoms with van der Waals surface area (Å²) in [5.41, 5.74) is 1.74. The van der Waals surface area contributed by atoms with Crippen LogP contribution >= 0.6 is 15.9 Å². The first-order valence-electron chi connectivity index (χ1n) is 8.03. The van der Waals surface area contributed by atoms with Gasteiger partial charge in [0.2, 0.25) is 0 Å². The summed E-state index contributed by atoms with van der Waals surface area (Å²) in [6.07, 6.45) is 0. The van der Waals surface area contributed by atoms with Crippen molar-refractivity contribution in [3.8, 4) is 0 Å². The number of rotatable bonds is 4. The Morgan fingerprint density at radius 1 is 1.00 bits per heavy atom. The highest BCUT2D eigenvalue weighted by molar-refractivity contribution is 9.10. The zero-order valence-corrected chi connectivity index (χ0v) is 15.2. The van der Waals surface area contributed by atoms with Crippen LogP contribution in [-0.2, 0) is 6.54 Å². The van der Waals surface area contributed by atoms with Crippen LogP contribution in [-0.4, -0.2) is 46.8 Å². The summed E-state index contributed by atoms with van der Waals surface area (Å²) < 4.78 is 1.06. The Labute approximate surface area is 154 Å². The van der Waals surface area contributed by atoms with Gasteiger partial charge in [0.1, 0.15) is 0 Å². The number of nitrogens with zero attached hydrogens (tertiary/aromatic N) is 3. The lowest BCUT2D eigenvalue weighted by Gasteiger charge is -2.34. The minimum atomic E-state index is -0.463. The van der Waals surface area contributed by atoms with Gasteiger partial charge in [0.05, 0.1) is 4.92 Å². The van der Waals surface area contributed by atoms with Gasteiger partial charge in [-0.15, -0.1) is 0 Å². The first kappa shape index (κ1) is 17.6. The Bertz CT molecular complexity index is 754. The number of piperazine rings is 1. The van der Waals surface area contributed by atoms with Crippen LogP contribution < -0.4 is 0 Å². The maximum Gasteiger partial charge on any atom is 0.269 e. The van der Waals surface area contributed by atoms with Crippen LogP contribution in [0.5, 0.6) is 0 Å². The minimum absolute atomic E-state index is 0.00383. The summed E-state index contributed by atoms with van der Waals surface area (Å²) in [6, 6.07) is 14.0. The van der Waals surface area contributed by atoms with Gasteiger partial charge < -0.3 is 4.90 Å². The molecule has 2 aromatic carbocycles. The first-order chi connectivity index (χ1) is 12.0. The van der Waals surface area contributed by atoms with Crippen LogP contribution in [0.2, 0.25) is 0 Å². The van der Waals surface area contributed by atoms with Crippen LogP contribution in [0.15, 0.2) is 53.0 Å². The molecule has 3 rings (SSSR count). The molecule has 0 atom stereocenters. The molecule has 0 radical (unpaired) electrons. The molecular formula is C18H18BrN3O3. The smallest absolute Gasteiger partial charge is 0.269 e. The largest absolute Gasteiger partial charge is 0.336 e. The lowest BCUT2D eigenvalue weighted by molar-refractivity contribution is -0.384. The van der Waals surface area contributed by atoms with Gasteiger partial charge in [-0.2, -0.15) is 0 Å². The molecule has 25 heavy (non-hydrogen) atoms. The maximum absolute atomic E-state index is 12.5. The van der Waals surface area contributed by atoms with E-state index >= 15 is 0 Å². The molecule has 0 unspecified atom stereocenters. The van der Waals surface area contributed by atoms with E-state index in [-0.39, 0.29) is 11.6 Å². The minimum Gasteiger partial charge on any atom is -0.336 e. The summed E-state index contributed by atoms with van der Waals surface area (Å²) in [5.74, 6) is -0.0711. The van der Waals surface area contributed by atoms with Gasteiger partial charge in [-0.25, -0.2) is 0 Å². The molecular weight excluding hydrogens is 386 g/mol. The van der Waals surface area contributed by atoms with Crippen molar-refractivity contribution < 1.29 is 9.72 Å². The van der Waals surface area contributed by atoms with Gasteiger partial charge in [0.25, 0.3) is 11.6 Å². The average molecular weight is 404 g/mol. The predicted octanol–water partition coefficient (Wildman–Crippen LogP) is 3.32. The van der Waals surface area contributed by atoms with E-state index in [1.54, 1.807) is 4.90 Å². The molecule has 1 fully saturated rings. The Morgan fingerprint density at radius 3 is 2.16 bits per heavy atom. The fraction of sp³-hybridized carbons (Fsp3) is 0.278. The zero-order valence-electron chi connectivity index (χ0n) is 13.6. The Balaban J connectivity index is 1.55. The van der Waals surface area contributed by atoms with E-state index in [2.05, 4.69) is 33.0 Å². The number of nitro benzene ring substituents is 1. The van der Waals surface area contributed by atoms with Gasteiger partial charge in [-0.1, -0.05) is 28.1 Å². The molecule has 2 aromatic rings. The van der Waals surface area contributed by atoms with Crippen molar-refractivity contribution in [3.63, 3.8) is 0 Å². The quantitative estimate of drug-likeness (QED) is 0.579. The molecule has 1 aliphatic rings. The van der Waals surface area contributed by atoms with E-state index < -0.39 is 4.92 Å². The van der Waals surface area contributed by atoms with Crippen LogP contribution in [0.1, 0.15) is 15.9 Å². The van der Waals surface area contributed by atoms with Crippen molar-refractivity contribution in [1.29, 1.82) is 0 Å². The summed E-state index contributed by atoms with van der Waals surface area (Å²) >= 11 is 3.43. The van der Waals surface area contributed by atoms with Gasteiger partial charge in [0, 0.05) is 54.9 Å². The number of non-ortho nitro benzene ring substituents is 1. The molecule has 0 aliphatic carbocycles. The molecule has 7 heteroatoms. The van der Waals surface area contributed by atoms with Gasteiger partial charge in [-0.3, -0.25) is 19.8 Å². The third-order valence-corrected chi connectivity index (χ3v) is 4.83. The number of carbonyl (C=O) groups is 1. The number of hydrogen-bond acceptors (Lipinski definition) is 4. The zero-order chi connectivity index (χ0) is 17.8. The van der Waals surface area contributed by atoms with Gasteiger partial charge >= 0.3 is 0 Å². The summed E-state index contributed by atoms with van der Waals surface area (Å²) in [5, 5.41) is 10.7. The molecule has 0 N–H and O–H groups in total. The standard InChI is InChI=1S/C18H18BrN3O3/c19-16-5-1-14(2-6-16)13-20-9-11-21(12-10-20)18(23)15-3-7-17(8-4-15)22(24)25/h1-8H,9-13H2. The fourth-order valence-corrected chi connectivity index (χ4v) is 3.13. The van der Waals surface area contributed by atoms with Crippen molar-refractivity contribution >= 4 is 27.5 Å². The van der Waals surface area contributed by atoms with Crippen molar-refractivity contribution in [2.75, 3.05) is 26.2 Å². The van der Waals surface area contributed by atoms with E-state index in [9.17, 15) is 14.9 Å². The summed E-state index contributed by atoms with van der Waals surface area (Å²) in [7, 11) is 0. The van der Waals surface area contributed by atoms with Crippen molar-refractivity contribution in [1.82, 2.24) is 9.80 Å². The maximum atomic E-state index is 12.5. The third kappa shape index (κ3) is 4.43. The molecule has 0 spiro atoms. The molecule has 1 saturated heterocycles. The average Bonchev–Trinajstić information content (AvgIpc) is 2.64. The summed E-state index contributed by atoms with van der Waals surface area (Å²) in [4.78, 5) is 26.9. The van der Waals surface area contributed by atoms with Gasteiger partial charge in [-0.05, 0) is 29.8 Å². The number of amides is 1. The van der Waals surface area contributed by atoms with E-state index in [1.807, 2.05) is 12.1 Å². The van der Waals surface area contributed by atoms with Gasteiger partial charge in [0.15, 0.2) is 0 Å². The molecule has 1 heterocycles. The van der Waals surface area contributed by atoms with E-state index in [4.69, 9.17) is 0 Å². The number of nitro groups is 1. The molecule has 1 amide bonds. The lowest BCUT2D eigenvalue weighted by Crippen LogP contribution is -2.48. The van der Waals surface area contributed by atoms with Crippen molar-refractivity contribution in [3.05, 3.63) is 74.2 Å². The number of carbonyl (C=O) groups excluding carboxylic acids is 1. The number of hydrogen-bond donors (Lipinski definition) is 0. The highest BCUT2D eigenvalue weighted by Crippen LogP contribution is 2.16. The fourth-order valence-electron chi connectivity index (χ4n) is 2.87. The molecule has 6 nitrogen and oxygen atoms in total. The highest BCUT2D eigenvalue weighted by Gasteiger charge is 2.22. The lowest BCUT2D eigenvalue weighted by atomic mass is 10.1. The van der Waals surface area contributed by atoms with E-state index in [0.29, 0.717) is 18.7 Å². The van der Waals surface area contributed by atoms with E-state index in [1.165, 1.54) is 29.8 Å². The van der Waals surface area contributed by atoms with Crippen molar-refractivity contribution in [2.24, 2.45) is 0 Å². The van der Waals surface area contributed by atoms with Crippen LogP contribution in [0.25, 0.3) is 0 Å². The Morgan fingerprint density at radius 2 is 1.60 bits per heavy atom. The molecule has 130 valence electrons. The first-order valence-corrected chi connectivity index (χ1v) is 8.83. The van der Waals surface area contributed by atoms with Crippen LogP contribution in [0, 0.1) is 10.1 Å². The second-order valence-corrected chi connectivity index (χ2v) is 6.91. The molecule has 0 saturated carbocycles. The SMILES string of the molecule is O=C(c1ccc([N+](=O)[O-])cc1)N1CCN(Cc2ccc(Br)cc2)CC1. The van der Waals surface area contributed by atoms with Crippen LogP contribution in [0.4, 0.5) is 5.69 Å². The molecule has 0 aromatic heterocycles. The second-order valence-electron chi connectivity index (χ2n) is 6.00. The second kappa shape index (κ2) is 7.76. The molecule has 0 bridgehead atoms. The van der Waals surface area contributed by atoms with Crippen molar-refractivity contribution in [2.45, 2.75) is 6.54 Å². The number of benzene rings is 2. The predicted molar refractivity (Wildman–Crippen MR) is 98.4 cm³/mol. The van der Waals surface area contributed by atoms with Crippen LogP contribution in [0.3, 0.4) is 0 Å². The highest BCUT2D eigenvalue weighted by atomic mass is 79.9. The topological polar surface area (TPSA) is 66.7 Å². The Kier molecular flexibility index (Phi) is 5.45.